The number of rotatable bonds is 1. The molecule has 0 aliphatic carbocycles. The molecule has 2 rings (SSSR count). The van der Waals surface area contributed by atoms with E-state index in [1.54, 1.807) is 4.90 Å². The fourth-order valence-electron chi connectivity index (χ4n) is 2.62. The fraction of sp³-hybridized carbons (Fsp3) is 0.500. The molecule has 18 heavy (non-hydrogen) atoms. The van der Waals surface area contributed by atoms with E-state index in [2.05, 4.69) is 0 Å². The lowest BCUT2D eigenvalue weighted by atomic mass is 9.96. The van der Waals surface area contributed by atoms with Gasteiger partial charge >= 0.3 is 0 Å². The number of hydrogen-bond acceptors (Lipinski definition) is 1. The van der Waals surface area contributed by atoms with E-state index in [0.29, 0.717) is 0 Å². The van der Waals surface area contributed by atoms with Crippen LogP contribution in [0.25, 0.3) is 0 Å². The zero-order valence-corrected chi connectivity index (χ0v) is 10.6. The van der Waals surface area contributed by atoms with Gasteiger partial charge in [-0.15, -0.1) is 0 Å². The van der Waals surface area contributed by atoms with Crippen LogP contribution < -0.4 is 0 Å². The molecule has 0 radical (unpaired) electrons. The van der Waals surface area contributed by atoms with Crippen molar-refractivity contribution in [1.82, 2.24) is 4.90 Å². The van der Waals surface area contributed by atoms with Crippen LogP contribution in [0.15, 0.2) is 18.2 Å². The lowest BCUT2D eigenvalue weighted by Crippen LogP contribution is -2.47. The molecule has 0 aromatic heterocycles. The van der Waals surface area contributed by atoms with E-state index < -0.39 is 11.6 Å². The van der Waals surface area contributed by atoms with Gasteiger partial charge in [0.05, 0.1) is 5.56 Å². The van der Waals surface area contributed by atoms with Crippen molar-refractivity contribution in [3.8, 4) is 0 Å². The summed E-state index contributed by atoms with van der Waals surface area (Å²) in [5, 5.41) is 0. The minimum Gasteiger partial charge on any atom is -0.333 e. The van der Waals surface area contributed by atoms with E-state index in [4.69, 9.17) is 0 Å². The summed E-state index contributed by atoms with van der Waals surface area (Å²) in [6.45, 7) is 3.93. The quantitative estimate of drug-likeness (QED) is 0.751. The number of hydrogen-bond donors (Lipinski definition) is 0. The van der Waals surface area contributed by atoms with Gasteiger partial charge in [0.25, 0.3) is 5.91 Å². The Morgan fingerprint density at radius 2 is 1.83 bits per heavy atom. The highest BCUT2D eigenvalue weighted by Gasteiger charge is 2.30. The van der Waals surface area contributed by atoms with Crippen molar-refractivity contribution >= 4 is 5.91 Å². The molecule has 1 aliphatic heterocycles. The molecule has 1 aromatic rings. The molecule has 4 heteroatoms. The first-order valence-electron chi connectivity index (χ1n) is 6.28. The van der Waals surface area contributed by atoms with E-state index in [-0.39, 0.29) is 23.6 Å². The Morgan fingerprint density at radius 1 is 1.22 bits per heavy atom. The number of nitrogens with zero attached hydrogens (tertiary/aromatic N) is 1. The molecule has 0 spiro atoms. The van der Waals surface area contributed by atoms with Gasteiger partial charge in [0.15, 0.2) is 0 Å². The van der Waals surface area contributed by atoms with E-state index >= 15 is 0 Å². The Labute approximate surface area is 106 Å². The van der Waals surface area contributed by atoms with Gasteiger partial charge in [-0.2, -0.15) is 0 Å². The third-order valence-corrected chi connectivity index (χ3v) is 3.59. The minimum absolute atomic E-state index is 0.0444. The average molecular weight is 253 g/mol. The highest BCUT2D eigenvalue weighted by molar-refractivity contribution is 5.95. The minimum atomic E-state index is -0.787. The second-order valence-corrected chi connectivity index (χ2v) is 4.97. The fourth-order valence-corrected chi connectivity index (χ4v) is 2.62. The Balaban J connectivity index is 2.29. The molecule has 0 unspecified atom stereocenters. The first-order chi connectivity index (χ1) is 8.50. The number of likely N-dealkylation sites (tertiary alicyclic amines) is 1. The summed E-state index contributed by atoms with van der Waals surface area (Å²) < 4.78 is 26.5. The van der Waals surface area contributed by atoms with Crippen LogP contribution >= 0.6 is 0 Å². The highest BCUT2D eigenvalue weighted by atomic mass is 19.1. The summed E-state index contributed by atoms with van der Waals surface area (Å²) in [4.78, 5) is 14.0. The third-order valence-electron chi connectivity index (χ3n) is 3.59. The smallest absolute Gasteiger partial charge is 0.257 e. The second kappa shape index (κ2) is 5.04. The standard InChI is InChI=1S/C14H17F2NO/c1-9-4-3-5-10(2)17(9)14(18)12-7-6-11(15)8-13(12)16/h6-10H,3-5H2,1-2H3/t9-,10-/m0/s1. The number of benzene rings is 1. The normalized spacial score (nSPS) is 24.1. The van der Waals surface area contributed by atoms with Crippen molar-refractivity contribution in [2.24, 2.45) is 0 Å². The average Bonchev–Trinajstić information content (AvgIpc) is 2.28. The van der Waals surface area contributed by atoms with Crippen LogP contribution in [0.3, 0.4) is 0 Å². The van der Waals surface area contributed by atoms with Crippen molar-refractivity contribution in [1.29, 1.82) is 0 Å². The Bertz CT molecular complexity index is 451. The molecule has 1 aliphatic rings. The molecule has 2 nitrogen and oxygen atoms in total. The van der Waals surface area contributed by atoms with Gasteiger partial charge < -0.3 is 4.90 Å². The molecular formula is C14H17F2NO. The maximum absolute atomic E-state index is 13.6. The summed E-state index contributed by atoms with van der Waals surface area (Å²) in [7, 11) is 0. The van der Waals surface area contributed by atoms with Gasteiger partial charge in [0.2, 0.25) is 0 Å². The molecule has 98 valence electrons. The van der Waals surface area contributed by atoms with Crippen LogP contribution in [-0.2, 0) is 0 Å². The SMILES string of the molecule is C[C@H]1CCC[C@H](C)N1C(=O)c1ccc(F)cc1F. The molecule has 0 bridgehead atoms. The van der Waals surface area contributed by atoms with Gasteiger partial charge in [-0.3, -0.25) is 4.79 Å². The van der Waals surface area contributed by atoms with Crippen LogP contribution in [0, 0.1) is 11.6 Å². The largest absolute Gasteiger partial charge is 0.333 e. The summed E-state index contributed by atoms with van der Waals surface area (Å²) in [5.74, 6) is -1.79. The van der Waals surface area contributed by atoms with E-state index in [1.165, 1.54) is 6.07 Å². The van der Waals surface area contributed by atoms with Gasteiger partial charge in [-0.05, 0) is 45.2 Å². The molecular weight excluding hydrogens is 236 g/mol. The van der Waals surface area contributed by atoms with Crippen molar-refractivity contribution in [3.05, 3.63) is 35.4 Å². The topological polar surface area (TPSA) is 20.3 Å². The summed E-state index contributed by atoms with van der Waals surface area (Å²) >= 11 is 0. The van der Waals surface area contributed by atoms with Gasteiger partial charge in [-0.25, -0.2) is 8.78 Å². The molecule has 1 amide bonds. The van der Waals surface area contributed by atoms with Crippen molar-refractivity contribution < 1.29 is 13.6 Å². The Hall–Kier alpha value is -1.45. The molecule has 2 atom stereocenters. The molecule has 0 saturated carbocycles. The predicted octanol–water partition coefficient (Wildman–Crippen LogP) is 3.37. The number of carbonyl (C=O) groups excluding carboxylic acids is 1. The van der Waals surface area contributed by atoms with Crippen molar-refractivity contribution in [2.75, 3.05) is 0 Å². The van der Waals surface area contributed by atoms with Crippen LogP contribution in [0.2, 0.25) is 0 Å². The van der Waals surface area contributed by atoms with E-state index in [1.807, 2.05) is 13.8 Å². The number of amides is 1. The molecule has 1 heterocycles. The zero-order chi connectivity index (χ0) is 13.3. The monoisotopic (exact) mass is 253 g/mol. The molecule has 0 N–H and O–H groups in total. The van der Waals surface area contributed by atoms with Gasteiger partial charge in [0, 0.05) is 18.2 Å². The number of halogens is 2. The zero-order valence-electron chi connectivity index (χ0n) is 10.6. The number of piperidine rings is 1. The molecule has 1 aromatic carbocycles. The van der Waals surface area contributed by atoms with Gasteiger partial charge in [0.1, 0.15) is 11.6 Å². The first-order valence-corrected chi connectivity index (χ1v) is 6.28. The van der Waals surface area contributed by atoms with Crippen LogP contribution in [0.5, 0.6) is 0 Å². The number of carbonyl (C=O) groups is 1. The van der Waals surface area contributed by atoms with Crippen LogP contribution in [0.4, 0.5) is 8.78 Å². The lowest BCUT2D eigenvalue weighted by Gasteiger charge is -2.39. The van der Waals surface area contributed by atoms with Crippen molar-refractivity contribution in [3.63, 3.8) is 0 Å². The summed E-state index contributed by atoms with van der Waals surface area (Å²) in [6, 6.07) is 3.31. The maximum Gasteiger partial charge on any atom is 0.257 e. The second-order valence-electron chi connectivity index (χ2n) is 4.97. The Kier molecular flexibility index (Phi) is 3.64. The van der Waals surface area contributed by atoms with Crippen LogP contribution in [0.1, 0.15) is 43.5 Å². The van der Waals surface area contributed by atoms with Crippen LogP contribution in [-0.4, -0.2) is 22.9 Å². The predicted molar refractivity (Wildman–Crippen MR) is 65.3 cm³/mol. The Morgan fingerprint density at radius 3 is 2.39 bits per heavy atom. The molecule has 1 fully saturated rings. The van der Waals surface area contributed by atoms with E-state index in [0.717, 1.165) is 31.4 Å². The highest BCUT2D eigenvalue weighted by Crippen LogP contribution is 2.25. The third kappa shape index (κ3) is 2.37. The van der Waals surface area contributed by atoms with Gasteiger partial charge in [-0.1, -0.05) is 0 Å². The van der Waals surface area contributed by atoms with E-state index in [9.17, 15) is 13.6 Å². The lowest BCUT2D eigenvalue weighted by molar-refractivity contribution is 0.0506. The maximum atomic E-state index is 13.6. The molecule has 1 saturated heterocycles. The first kappa shape index (κ1) is 13.0. The summed E-state index contributed by atoms with van der Waals surface area (Å²) in [5.41, 5.74) is -0.0444. The summed E-state index contributed by atoms with van der Waals surface area (Å²) in [6.07, 6.45) is 2.94. The van der Waals surface area contributed by atoms with Crippen molar-refractivity contribution in [2.45, 2.75) is 45.2 Å².